The Kier molecular flexibility index (Phi) is 14.9. The van der Waals surface area contributed by atoms with Gasteiger partial charge in [-0.3, -0.25) is 4.79 Å². The van der Waals surface area contributed by atoms with E-state index in [0.29, 0.717) is 19.3 Å². The van der Waals surface area contributed by atoms with Gasteiger partial charge in [-0.2, -0.15) is 0 Å². The van der Waals surface area contributed by atoms with Crippen LogP contribution in [0.4, 0.5) is 9.59 Å². The van der Waals surface area contributed by atoms with E-state index < -0.39 is 36.4 Å². The van der Waals surface area contributed by atoms with Gasteiger partial charge in [0.2, 0.25) is 5.91 Å². The van der Waals surface area contributed by atoms with Crippen molar-refractivity contribution >= 4 is 52.2 Å². The van der Waals surface area contributed by atoms with E-state index in [1.54, 1.807) is 36.8 Å². The number of ether oxygens (including phenoxy) is 1. The molecule has 53 heavy (non-hydrogen) atoms. The van der Waals surface area contributed by atoms with E-state index in [9.17, 15) is 19.5 Å². The van der Waals surface area contributed by atoms with Gasteiger partial charge in [-0.1, -0.05) is 74.5 Å². The summed E-state index contributed by atoms with van der Waals surface area (Å²) in [5, 5.41) is 26.3. The molecule has 0 aliphatic carbocycles. The number of carbonyl (C=O) groups excluding carboxylic acids is 3. The second-order valence-electron chi connectivity index (χ2n) is 13.1. The Balaban J connectivity index is 1.25. The van der Waals surface area contributed by atoms with Gasteiger partial charge in [-0.05, 0) is 53.9 Å². The molecule has 0 radical (unpaired) electrons. The van der Waals surface area contributed by atoms with Gasteiger partial charge in [0.25, 0.3) is 0 Å². The maximum absolute atomic E-state index is 13.9. The van der Waals surface area contributed by atoms with Crippen molar-refractivity contribution in [3.05, 3.63) is 122 Å². The van der Waals surface area contributed by atoms with Crippen LogP contribution in [0.2, 0.25) is 0 Å². The maximum atomic E-state index is 13.9. The van der Waals surface area contributed by atoms with E-state index in [0.717, 1.165) is 31.7 Å². The van der Waals surface area contributed by atoms with Crippen LogP contribution in [0.15, 0.2) is 89.9 Å². The summed E-state index contributed by atoms with van der Waals surface area (Å²) in [6.07, 6.45) is 3.22. The second-order valence-corrected chi connectivity index (χ2v) is 15.9. The number of aliphatic hydroxyl groups excluding tert-OH is 1. The van der Waals surface area contributed by atoms with E-state index in [-0.39, 0.29) is 31.4 Å². The number of aromatic nitrogens is 3. The normalized spacial score (nSPS) is 13.5. The molecule has 0 fully saturated rings. The number of hydrogen-bond donors (Lipinski definition) is 4. The molecule has 3 heterocycles. The third-order valence-corrected chi connectivity index (χ3v) is 10.9. The molecule has 0 saturated heterocycles. The molecule has 0 aliphatic heterocycles. The second kappa shape index (κ2) is 19.9. The quantitative estimate of drug-likeness (QED) is 0.0866. The van der Waals surface area contributed by atoms with Crippen LogP contribution in [0.25, 0.3) is 0 Å². The molecule has 12 nitrogen and oxygen atoms in total. The molecule has 5 rings (SSSR count). The largest absolute Gasteiger partial charge is 0.444 e. The lowest BCUT2D eigenvalue weighted by Crippen LogP contribution is -2.55. The molecule has 4 N–H and O–H groups in total. The van der Waals surface area contributed by atoms with Crippen molar-refractivity contribution < 1.29 is 24.2 Å². The molecule has 0 saturated carbocycles. The molecule has 0 bridgehead atoms. The zero-order valence-corrected chi connectivity index (χ0v) is 32.3. The molecule has 3 aromatic heterocycles. The molecule has 280 valence electrons. The van der Waals surface area contributed by atoms with Crippen LogP contribution < -0.4 is 16.0 Å². The summed E-state index contributed by atoms with van der Waals surface area (Å²) in [7, 11) is 1.67. The molecular formula is C38H45N7O5S3. The van der Waals surface area contributed by atoms with Crippen LogP contribution in [-0.4, -0.2) is 73.7 Å². The minimum absolute atomic E-state index is 0.0625. The van der Waals surface area contributed by atoms with E-state index >= 15 is 0 Å². The monoisotopic (exact) mass is 775 g/mol. The van der Waals surface area contributed by atoms with Gasteiger partial charge < -0.3 is 30.7 Å². The fraction of sp³-hybridized carbons (Fsp3) is 0.368. The Morgan fingerprint density at radius 2 is 1.60 bits per heavy atom. The third kappa shape index (κ3) is 12.7. The lowest BCUT2D eigenvalue weighted by Gasteiger charge is -2.30. The number of hydrogen-bond acceptors (Lipinski definition) is 11. The summed E-state index contributed by atoms with van der Waals surface area (Å²) < 4.78 is 9.47. The summed E-state index contributed by atoms with van der Waals surface area (Å²) in [6, 6.07) is 18.5. The first-order chi connectivity index (χ1) is 25.6. The number of rotatable bonds is 18. The maximum Gasteiger partial charge on any atom is 0.407 e. The molecule has 15 heteroatoms. The van der Waals surface area contributed by atoms with E-state index in [4.69, 9.17) is 4.74 Å². The zero-order chi connectivity index (χ0) is 37.6. The average Bonchev–Trinajstić information content (AvgIpc) is 3.95. The van der Waals surface area contributed by atoms with E-state index in [2.05, 4.69) is 30.3 Å². The molecule has 4 atom stereocenters. The number of nitrogens with one attached hydrogen (secondary N) is 3. The number of amides is 4. The van der Waals surface area contributed by atoms with Gasteiger partial charge in [0.15, 0.2) is 0 Å². The average molecular weight is 776 g/mol. The Labute approximate surface area is 321 Å². The Morgan fingerprint density at radius 1 is 0.887 bits per heavy atom. The summed E-state index contributed by atoms with van der Waals surface area (Å²) in [4.78, 5) is 51.5. The summed E-state index contributed by atoms with van der Waals surface area (Å²) in [5.74, 6) is -0.606. The number of alkyl carbamates (subject to hydrolysis) is 1. The topological polar surface area (TPSA) is 159 Å². The molecule has 0 spiro atoms. The summed E-state index contributed by atoms with van der Waals surface area (Å²) in [6.45, 7) is 4.08. The van der Waals surface area contributed by atoms with Crippen molar-refractivity contribution in [3.63, 3.8) is 0 Å². The number of urea groups is 1. The first kappa shape index (κ1) is 39.5. The molecule has 0 unspecified atom stereocenters. The van der Waals surface area contributed by atoms with Gasteiger partial charge in [-0.15, -0.1) is 22.7 Å². The van der Waals surface area contributed by atoms with Gasteiger partial charge in [0, 0.05) is 36.2 Å². The highest BCUT2D eigenvalue weighted by Gasteiger charge is 2.31. The van der Waals surface area contributed by atoms with Gasteiger partial charge in [0.05, 0.1) is 45.7 Å². The molecule has 0 aliphatic rings. The van der Waals surface area contributed by atoms with Gasteiger partial charge >= 0.3 is 12.1 Å². The van der Waals surface area contributed by atoms with E-state index in [1.807, 2.05) is 85.3 Å². The Hall–Kier alpha value is -4.70. The van der Waals surface area contributed by atoms with Crippen LogP contribution in [0.5, 0.6) is 0 Å². The van der Waals surface area contributed by atoms with Crippen LogP contribution in [0.1, 0.15) is 52.0 Å². The lowest BCUT2D eigenvalue weighted by atomic mass is 9.93. The van der Waals surface area contributed by atoms with Crippen LogP contribution in [0.3, 0.4) is 0 Å². The summed E-state index contributed by atoms with van der Waals surface area (Å²) in [5.41, 5.74) is 2.64. The van der Waals surface area contributed by atoms with Gasteiger partial charge in [0.1, 0.15) is 12.6 Å². The SMILES string of the molecule is CC(C)[C@H](NC(=O)N(C)Cc1csc(Cc2nccs2)n1)C(=O)N[C@@H](Cc1ccccc1)C[C@H](O)[C@H](Cc1ccccc1)NC(=O)OCc1ccns1. The van der Waals surface area contributed by atoms with Crippen molar-refractivity contribution in [3.8, 4) is 0 Å². The Bertz CT molecular complexity index is 1840. The van der Waals surface area contributed by atoms with Crippen LogP contribution in [0, 0.1) is 5.92 Å². The number of carbonyl (C=O) groups is 3. The lowest BCUT2D eigenvalue weighted by molar-refractivity contribution is -0.124. The minimum atomic E-state index is -1.06. The number of benzene rings is 2. The first-order valence-corrected chi connectivity index (χ1v) is 19.9. The zero-order valence-electron chi connectivity index (χ0n) is 29.9. The van der Waals surface area contributed by atoms with Crippen molar-refractivity contribution in [1.82, 2.24) is 35.2 Å². The highest BCUT2D eigenvalue weighted by atomic mass is 32.1. The predicted molar refractivity (Wildman–Crippen MR) is 208 cm³/mol. The molecule has 4 amide bonds. The molecular weight excluding hydrogens is 731 g/mol. The standard InChI is InChI=1S/C38H45N7O5S3/c1-25(2)35(44-37(48)45(3)22-29-24-52-34(41-29)21-33-39-16-17-51-33)36(47)42-28(18-26-10-6-4-7-11-26)20-32(46)31(19-27-12-8-5-9-13-27)43-38(49)50-23-30-14-15-40-53-30/h4-17,24-25,28,31-32,35,46H,18-23H2,1-3H3,(H,42,47)(H,43,49)(H,44,48)/t28-,31-,32-,35-/m0/s1. The van der Waals surface area contributed by atoms with Crippen molar-refractivity contribution in [2.75, 3.05) is 7.05 Å². The smallest absolute Gasteiger partial charge is 0.407 e. The highest BCUT2D eigenvalue weighted by Crippen LogP contribution is 2.18. The predicted octanol–water partition coefficient (Wildman–Crippen LogP) is 5.83. The summed E-state index contributed by atoms with van der Waals surface area (Å²) >= 11 is 4.34. The van der Waals surface area contributed by atoms with Crippen molar-refractivity contribution in [2.24, 2.45) is 5.92 Å². The van der Waals surface area contributed by atoms with Gasteiger partial charge in [-0.25, -0.2) is 23.9 Å². The minimum Gasteiger partial charge on any atom is -0.444 e. The number of aliphatic hydroxyl groups is 1. The number of thiazole rings is 2. The number of nitrogens with zero attached hydrogens (tertiary/aromatic N) is 4. The van der Waals surface area contributed by atoms with Crippen molar-refractivity contribution in [2.45, 2.75) is 76.9 Å². The molecule has 2 aromatic carbocycles. The van der Waals surface area contributed by atoms with Crippen molar-refractivity contribution in [1.29, 1.82) is 0 Å². The first-order valence-electron chi connectivity index (χ1n) is 17.3. The third-order valence-electron chi connectivity index (χ3n) is 8.46. The molecule has 5 aromatic rings. The fourth-order valence-electron chi connectivity index (χ4n) is 5.70. The Morgan fingerprint density at radius 3 is 2.25 bits per heavy atom. The van der Waals surface area contributed by atoms with Crippen LogP contribution >= 0.6 is 34.2 Å². The fourth-order valence-corrected chi connectivity index (χ4v) is 7.69. The van der Waals surface area contributed by atoms with E-state index in [1.165, 1.54) is 27.8 Å². The van der Waals surface area contributed by atoms with Crippen LogP contribution in [-0.2, 0) is 41.9 Å². The highest BCUT2D eigenvalue weighted by molar-refractivity contribution is 7.11.